The Hall–Kier alpha value is -2.17. The van der Waals surface area contributed by atoms with Crippen molar-refractivity contribution in [2.45, 2.75) is 38.8 Å². The van der Waals surface area contributed by atoms with E-state index in [1.807, 2.05) is 44.2 Å². The highest BCUT2D eigenvalue weighted by Gasteiger charge is 2.22. The summed E-state index contributed by atoms with van der Waals surface area (Å²) in [6, 6.07) is 13.6. The van der Waals surface area contributed by atoms with E-state index in [0.29, 0.717) is 17.9 Å². The van der Waals surface area contributed by atoms with Crippen molar-refractivity contribution in [3.05, 3.63) is 65.0 Å². The predicted octanol–water partition coefficient (Wildman–Crippen LogP) is 3.44. The van der Waals surface area contributed by atoms with Gasteiger partial charge < -0.3 is 15.3 Å². The van der Waals surface area contributed by atoms with E-state index in [1.54, 1.807) is 0 Å². The first-order valence-electron chi connectivity index (χ1n) is 7.90. The molecule has 23 heavy (non-hydrogen) atoms. The van der Waals surface area contributed by atoms with Crippen LogP contribution in [0.4, 0.5) is 0 Å². The second-order valence-electron chi connectivity index (χ2n) is 6.09. The zero-order chi connectivity index (χ0) is 16.4. The molecule has 0 aliphatic rings. The molecule has 0 radical (unpaired) electrons. The van der Waals surface area contributed by atoms with Crippen LogP contribution in [0.25, 0.3) is 11.1 Å². The fourth-order valence-electron chi connectivity index (χ4n) is 2.64. The molecule has 0 bridgehead atoms. The average Bonchev–Trinajstić information content (AvgIpc) is 2.96. The van der Waals surface area contributed by atoms with Gasteiger partial charge in [0.1, 0.15) is 11.6 Å². The van der Waals surface area contributed by atoms with Gasteiger partial charge in [-0.25, -0.2) is 4.98 Å². The fraction of sp³-hybridized carbons (Fsp3) is 0.316. The molecular weight excluding hydrogens is 288 g/mol. The van der Waals surface area contributed by atoms with Gasteiger partial charge >= 0.3 is 0 Å². The van der Waals surface area contributed by atoms with Gasteiger partial charge in [0.15, 0.2) is 5.58 Å². The summed E-state index contributed by atoms with van der Waals surface area (Å²) in [4.78, 5) is 4.39. The lowest BCUT2D eigenvalue weighted by molar-refractivity contribution is 0.114. The number of aromatic nitrogens is 1. The number of nitrogens with zero attached hydrogens (tertiary/aromatic N) is 1. The van der Waals surface area contributed by atoms with Gasteiger partial charge in [0.05, 0.1) is 0 Å². The molecule has 2 aromatic carbocycles. The van der Waals surface area contributed by atoms with Crippen molar-refractivity contribution in [3.8, 4) is 0 Å². The summed E-state index contributed by atoms with van der Waals surface area (Å²) in [5, 5.41) is 10.4. The molecule has 120 valence electrons. The van der Waals surface area contributed by atoms with E-state index in [9.17, 15) is 5.11 Å². The molecule has 4 nitrogen and oxygen atoms in total. The Morgan fingerprint density at radius 2 is 1.83 bits per heavy atom. The van der Waals surface area contributed by atoms with Gasteiger partial charge in [-0.3, -0.25) is 0 Å². The fourth-order valence-corrected chi connectivity index (χ4v) is 2.64. The first-order chi connectivity index (χ1) is 11.0. The number of nitrogens with two attached hydrogens (primary N) is 1. The van der Waals surface area contributed by atoms with Crippen LogP contribution in [-0.4, -0.2) is 16.1 Å². The molecule has 2 atom stereocenters. The van der Waals surface area contributed by atoms with E-state index >= 15 is 0 Å². The van der Waals surface area contributed by atoms with E-state index in [4.69, 9.17) is 10.2 Å². The Bertz CT molecular complexity index is 757. The summed E-state index contributed by atoms with van der Waals surface area (Å²) < 4.78 is 5.70. The first kappa shape index (κ1) is 15.7. The van der Waals surface area contributed by atoms with Crippen LogP contribution < -0.4 is 5.73 Å². The number of oxazole rings is 1. The van der Waals surface area contributed by atoms with Crippen molar-refractivity contribution in [1.82, 2.24) is 4.98 Å². The van der Waals surface area contributed by atoms with Crippen LogP contribution in [0.3, 0.4) is 0 Å². The third-order valence-electron chi connectivity index (χ3n) is 4.29. The molecule has 0 amide bonds. The first-order valence-corrected chi connectivity index (χ1v) is 7.90. The Morgan fingerprint density at radius 1 is 1.13 bits per heavy atom. The minimum absolute atomic E-state index is 0.297. The maximum atomic E-state index is 10.4. The number of rotatable bonds is 5. The van der Waals surface area contributed by atoms with Gasteiger partial charge in [-0.05, 0) is 55.5 Å². The summed E-state index contributed by atoms with van der Waals surface area (Å²) in [6.45, 7) is 4.06. The van der Waals surface area contributed by atoms with Gasteiger partial charge in [0.25, 0.3) is 0 Å². The molecular formula is C19H22N2O2. The Balaban J connectivity index is 1.72. The number of hydrogen-bond acceptors (Lipinski definition) is 4. The summed E-state index contributed by atoms with van der Waals surface area (Å²) >= 11 is 0. The number of hydrogen-bond donors (Lipinski definition) is 2. The van der Waals surface area contributed by atoms with Crippen molar-refractivity contribution >= 4 is 11.1 Å². The molecule has 1 heterocycles. The van der Waals surface area contributed by atoms with Crippen molar-refractivity contribution in [3.63, 3.8) is 0 Å². The maximum absolute atomic E-state index is 10.4. The van der Waals surface area contributed by atoms with Crippen LogP contribution in [0.5, 0.6) is 0 Å². The number of aliphatic hydroxyl groups excluding tert-OH is 1. The van der Waals surface area contributed by atoms with E-state index in [1.165, 1.54) is 5.56 Å². The van der Waals surface area contributed by atoms with Crippen LogP contribution >= 0.6 is 0 Å². The number of aliphatic hydroxyl groups is 1. The predicted molar refractivity (Wildman–Crippen MR) is 91.2 cm³/mol. The van der Waals surface area contributed by atoms with Crippen LogP contribution in [-0.2, 0) is 6.42 Å². The van der Waals surface area contributed by atoms with E-state index in [0.717, 1.165) is 23.1 Å². The minimum atomic E-state index is -0.897. The highest BCUT2D eigenvalue weighted by molar-refractivity contribution is 5.74. The van der Waals surface area contributed by atoms with Crippen LogP contribution in [0.1, 0.15) is 35.1 Å². The lowest BCUT2D eigenvalue weighted by Gasteiger charge is -2.15. The molecule has 1 unspecified atom stereocenters. The average molecular weight is 310 g/mol. The normalized spacial score (nSPS) is 14.1. The second-order valence-corrected chi connectivity index (χ2v) is 6.09. The summed E-state index contributed by atoms with van der Waals surface area (Å²) in [5.41, 5.74) is 11.1. The number of benzene rings is 2. The minimum Gasteiger partial charge on any atom is -0.438 e. The highest BCUT2D eigenvalue weighted by Crippen LogP contribution is 2.25. The third-order valence-corrected chi connectivity index (χ3v) is 4.29. The van der Waals surface area contributed by atoms with E-state index in [-0.39, 0.29) is 0 Å². The quantitative estimate of drug-likeness (QED) is 0.757. The molecule has 1 aromatic heterocycles. The molecule has 0 aliphatic carbocycles. The lowest BCUT2D eigenvalue weighted by atomic mass is 10.0. The summed E-state index contributed by atoms with van der Waals surface area (Å²) in [5.74, 6) is 0.297. The lowest BCUT2D eigenvalue weighted by Crippen LogP contribution is -2.29. The molecule has 0 saturated carbocycles. The van der Waals surface area contributed by atoms with Gasteiger partial charge in [-0.15, -0.1) is 0 Å². The van der Waals surface area contributed by atoms with Gasteiger partial charge in [0, 0.05) is 6.04 Å². The zero-order valence-electron chi connectivity index (χ0n) is 13.5. The molecule has 0 aliphatic heterocycles. The molecule has 0 fully saturated rings. The van der Waals surface area contributed by atoms with Crippen LogP contribution in [0.15, 0.2) is 46.9 Å². The molecule has 0 spiro atoms. The van der Waals surface area contributed by atoms with Crippen LogP contribution in [0, 0.1) is 13.8 Å². The van der Waals surface area contributed by atoms with Crippen molar-refractivity contribution in [2.24, 2.45) is 5.73 Å². The Labute approximate surface area is 136 Å². The van der Waals surface area contributed by atoms with E-state index in [2.05, 4.69) is 17.1 Å². The number of aryl methyl sites for hydroxylation is 3. The third kappa shape index (κ3) is 3.44. The monoisotopic (exact) mass is 310 g/mol. The number of fused-ring (bicyclic) bond motifs is 1. The Morgan fingerprint density at radius 3 is 2.57 bits per heavy atom. The zero-order valence-corrected chi connectivity index (χ0v) is 13.5. The van der Waals surface area contributed by atoms with Gasteiger partial charge in [-0.2, -0.15) is 0 Å². The summed E-state index contributed by atoms with van der Waals surface area (Å²) in [6.07, 6.45) is 0.589. The topological polar surface area (TPSA) is 72.3 Å². The molecule has 4 heteroatoms. The second kappa shape index (κ2) is 6.52. The van der Waals surface area contributed by atoms with E-state index < -0.39 is 12.1 Å². The van der Waals surface area contributed by atoms with Crippen molar-refractivity contribution in [2.75, 3.05) is 0 Å². The molecule has 3 rings (SSSR count). The molecule has 3 aromatic rings. The SMILES string of the molecule is Cc1cc2nc(C(O)[C@H](N)CCc3ccccc3)oc2cc1C. The van der Waals surface area contributed by atoms with Crippen molar-refractivity contribution in [1.29, 1.82) is 0 Å². The Kier molecular flexibility index (Phi) is 4.46. The van der Waals surface area contributed by atoms with Crippen molar-refractivity contribution < 1.29 is 9.52 Å². The van der Waals surface area contributed by atoms with Crippen LogP contribution in [0.2, 0.25) is 0 Å². The maximum Gasteiger partial charge on any atom is 0.225 e. The van der Waals surface area contributed by atoms with Gasteiger partial charge in [-0.1, -0.05) is 30.3 Å². The summed E-state index contributed by atoms with van der Waals surface area (Å²) in [7, 11) is 0. The van der Waals surface area contributed by atoms with Gasteiger partial charge in [0.2, 0.25) is 5.89 Å². The largest absolute Gasteiger partial charge is 0.438 e. The smallest absolute Gasteiger partial charge is 0.225 e. The molecule has 3 N–H and O–H groups in total. The standard InChI is InChI=1S/C19H22N2O2/c1-12-10-16-17(11-13(12)2)23-19(21-16)18(22)15(20)9-8-14-6-4-3-5-7-14/h3-7,10-11,15,18,22H,8-9,20H2,1-2H3/t15-,18?/m1/s1. The molecule has 0 saturated heterocycles. The highest BCUT2D eigenvalue weighted by atomic mass is 16.4.